The molecule has 24 heavy (non-hydrogen) atoms. The summed E-state index contributed by atoms with van der Waals surface area (Å²) in [6, 6.07) is 3.65. The van der Waals surface area contributed by atoms with Gasteiger partial charge >= 0.3 is 0 Å². The molecule has 0 amide bonds. The monoisotopic (exact) mass is 353 g/mol. The van der Waals surface area contributed by atoms with E-state index < -0.39 is 15.8 Å². The smallest absolute Gasteiger partial charge is 0.240 e. The van der Waals surface area contributed by atoms with Crippen molar-refractivity contribution in [2.24, 2.45) is 0 Å². The summed E-state index contributed by atoms with van der Waals surface area (Å²) in [6.45, 7) is 6.44. The summed E-state index contributed by atoms with van der Waals surface area (Å²) in [7, 11) is -3.55. The van der Waals surface area contributed by atoms with Gasteiger partial charge in [-0.25, -0.2) is 13.1 Å². The van der Waals surface area contributed by atoms with Crippen LogP contribution < -0.4 is 4.72 Å². The molecule has 1 heterocycles. The molecule has 1 aliphatic heterocycles. The lowest BCUT2D eigenvalue weighted by atomic mass is 9.94. The largest absolute Gasteiger partial charge is 0.347 e. The fourth-order valence-electron chi connectivity index (χ4n) is 3.57. The molecule has 6 heteroatoms. The first kappa shape index (κ1) is 17.9. The van der Waals surface area contributed by atoms with Crippen LogP contribution in [0.3, 0.4) is 0 Å². The highest BCUT2D eigenvalue weighted by atomic mass is 32.2. The highest BCUT2D eigenvalue weighted by Gasteiger charge is 2.42. The Hall–Kier alpha value is -0.950. The summed E-state index contributed by atoms with van der Waals surface area (Å²) in [6.07, 6.45) is 5.04. The lowest BCUT2D eigenvalue weighted by molar-refractivity contribution is -0.186. The van der Waals surface area contributed by atoms with Gasteiger partial charge in [0, 0.05) is 19.4 Å². The number of sulfonamides is 1. The number of nitrogens with one attached hydrogen (secondary N) is 1. The maximum atomic E-state index is 12.6. The molecule has 0 aromatic heterocycles. The second-order valence-electron chi connectivity index (χ2n) is 7.08. The van der Waals surface area contributed by atoms with E-state index in [9.17, 15) is 8.42 Å². The van der Waals surface area contributed by atoms with Crippen LogP contribution in [0.5, 0.6) is 0 Å². The van der Waals surface area contributed by atoms with Gasteiger partial charge in [0.15, 0.2) is 5.79 Å². The van der Waals surface area contributed by atoms with Crippen LogP contribution in [0.1, 0.15) is 48.8 Å². The standard InChI is InChI=1S/C18H27NO4S/c1-13-9-15(3)17(10-14(13)2)24(20,21)19-11-16-12-22-18(23-16)7-5-4-6-8-18/h9-10,16,19H,4-8,11-12H2,1-3H3. The van der Waals surface area contributed by atoms with E-state index in [2.05, 4.69) is 4.72 Å². The third-order valence-corrected chi connectivity index (χ3v) is 6.68. The Labute approximate surface area is 144 Å². The van der Waals surface area contributed by atoms with E-state index in [1.165, 1.54) is 6.42 Å². The highest BCUT2D eigenvalue weighted by molar-refractivity contribution is 7.89. The van der Waals surface area contributed by atoms with Crippen molar-refractivity contribution in [3.05, 3.63) is 28.8 Å². The van der Waals surface area contributed by atoms with E-state index in [1.54, 1.807) is 6.07 Å². The number of ether oxygens (including phenoxy) is 2. The average molecular weight is 353 g/mol. The second-order valence-corrected chi connectivity index (χ2v) is 8.81. The molecule has 1 atom stereocenters. The van der Waals surface area contributed by atoms with Crippen molar-refractivity contribution in [2.45, 2.75) is 69.7 Å². The molecule has 1 aromatic rings. The van der Waals surface area contributed by atoms with E-state index in [-0.39, 0.29) is 12.6 Å². The van der Waals surface area contributed by atoms with Crippen molar-refractivity contribution in [2.75, 3.05) is 13.2 Å². The van der Waals surface area contributed by atoms with E-state index in [1.807, 2.05) is 26.8 Å². The summed E-state index contributed by atoms with van der Waals surface area (Å²) in [5.74, 6) is -0.468. The van der Waals surface area contributed by atoms with Crippen molar-refractivity contribution >= 4 is 10.0 Å². The average Bonchev–Trinajstić information content (AvgIpc) is 2.92. The normalized spacial score (nSPS) is 23.7. The minimum Gasteiger partial charge on any atom is -0.347 e. The number of rotatable bonds is 4. The van der Waals surface area contributed by atoms with E-state index in [0.717, 1.165) is 42.4 Å². The van der Waals surface area contributed by atoms with Gasteiger partial charge in [0.05, 0.1) is 17.6 Å². The van der Waals surface area contributed by atoms with Crippen LogP contribution in [-0.2, 0) is 19.5 Å². The molecule has 3 rings (SSSR count). The summed E-state index contributed by atoms with van der Waals surface area (Å²) in [4.78, 5) is 0.344. The van der Waals surface area contributed by atoms with Gasteiger partial charge in [-0.2, -0.15) is 0 Å². The maximum absolute atomic E-state index is 12.6. The van der Waals surface area contributed by atoms with Gasteiger partial charge in [-0.05, 0) is 56.4 Å². The Morgan fingerprint density at radius 3 is 2.46 bits per heavy atom. The van der Waals surface area contributed by atoms with Crippen LogP contribution in [0.15, 0.2) is 17.0 Å². The van der Waals surface area contributed by atoms with Crippen LogP contribution in [0.4, 0.5) is 0 Å². The Kier molecular flexibility index (Phi) is 5.02. The minimum atomic E-state index is -3.55. The first-order valence-corrected chi connectivity index (χ1v) is 10.2. The second kappa shape index (κ2) is 6.75. The van der Waals surface area contributed by atoms with Crippen LogP contribution >= 0.6 is 0 Å². The molecule has 1 aromatic carbocycles. The number of hydrogen-bond donors (Lipinski definition) is 1. The van der Waals surface area contributed by atoms with Gasteiger partial charge < -0.3 is 9.47 Å². The highest BCUT2D eigenvalue weighted by Crippen LogP contribution is 2.37. The topological polar surface area (TPSA) is 64.6 Å². The van der Waals surface area contributed by atoms with Crippen LogP contribution in [0, 0.1) is 20.8 Å². The lowest BCUT2D eigenvalue weighted by Crippen LogP contribution is -2.37. The summed E-state index contributed by atoms with van der Waals surface area (Å²) >= 11 is 0. The Morgan fingerprint density at radius 1 is 1.08 bits per heavy atom. The van der Waals surface area contributed by atoms with Crippen molar-refractivity contribution in [3.63, 3.8) is 0 Å². The molecule has 5 nitrogen and oxygen atoms in total. The molecule has 0 bridgehead atoms. The number of aryl methyl sites for hydroxylation is 3. The molecule has 0 radical (unpaired) electrons. The SMILES string of the molecule is Cc1cc(C)c(S(=O)(=O)NCC2COC3(CCCCC3)O2)cc1C. The fourth-order valence-corrected chi connectivity index (χ4v) is 4.95. The molecular formula is C18H27NO4S. The molecule has 2 aliphatic rings. The predicted octanol–water partition coefficient (Wildman–Crippen LogP) is 2.97. The Bertz CT molecular complexity index is 708. The maximum Gasteiger partial charge on any atom is 0.240 e. The van der Waals surface area contributed by atoms with Crippen molar-refractivity contribution in [1.29, 1.82) is 0 Å². The van der Waals surface area contributed by atoms with Crippen molar-refractivity contribution in [3.8, 4) is 0 Å². The minimum absolute atomic E-state index is 0.218. The zero-order chi connectivity index (χ0) is 17.4. The molecule has 1 saturated carbocycles. The van der Waals surface area contributed by atoms with E-state index >= 15 is 0 Å². The van der Waals surface area contributed by atoms with E-state index in [4.69, 9.17) is 9.47 Å². The summed E-state index contributed by atoms with van der Waals surface area (Å²) in [5.41, 5.74) is 2.83. The van der Waals surface area contributed by atoms with Crippen molar-refractivity contribution < 1.29 is 17.9 Å². The zero-order valence-corrected chi connectivity index (χ0v) is 15.5. The van der Waals surface area contributed by atoms with Gasteiger partial charge in [-0.1, -0.05) is 12.5 Å². The molecule has 1 N–H and O–H groups in total. The molecule has 134 valence electrons. The van der Waals surface area contributed by atoms with Crippen LogP contribution in [-0.4, -0.2) is 33.5 Å². The fraction of sp³-hybridized carbons (Fsp3) is 0.667. The first-order valence-electron chi connectivity index (χ1n) is 8.71. The van der Waals surface area contributed by atoms with Gasteiger partial charge in [0.25, 0.3) is 0 Å². The molecule has 1 spiro atoms. The molecule has 1 saturated heterocycles. The third-order valence-electron chi connectivity index (χ3n) is 5.11. The Balaban J connectivity index is 1.65. The quantitative estimate of drug-likeness (QED) is 0.904. The Morgan fingerprint density at radius 2 is 1.75 bits per heavy atom. The van der Waals surface area contributed by atoms with Crippen LogP contribution in [0.25, 0.3) is 0 Å². The van der Waals surface area contributed by atoms with Gasteiger partial charge in [-0.3, -0.25) is 0 Å². The van der Waals surface area contributed by atoms with Gasteiger partial charge in [0.1, 0.15) is 0 Å². The number of hydrogen-bond acceptors (Lipinski definition) is 4. The molecule has 1 unspecified atom stereocenters. The zero-order valence-electron chi connectivity index (χ0n) is 14.7. The lowest BCUT2D eigenvalue weighted by Gasteiger charge is -2.31. The molecular weight excluding hydrogens is 326 g/mol. The number of benzene rings is 1. The van der Waals surface area contributed by atoms with Crippen molar-refractivity contribution in [1.82, 2.24) is 4.72 Å². The first-order chi connectivity index (χ1) is 11.3. The third kappa shape index (κ3) is 3.67. The molecule has 1 aliphatic carbocycles. The summed E-state index contributed by atoms with van der Waals surface area (Å²) < 4.78 is 39.9. The summed E-state index contributed by atoms with van der Waals surface area (Å²) in [5, 5.41) is 0. The van der Waals surface area contributed by atoms with Gasteiger partial charge in [0.2, 0.25) is 10.0 Å². The van der Waals surface area contributed by atoms with Crippen LogP contribution in [0.2, 0.25) is 0 Å². The van der Waals surface area contributed by atoms with Gasteiger partial charge in [-0.15, -0.1) is 0 Å². The predicted molar refractivity (Wildman–Crippen MR) is 92.5 cm³/mol. The molecule has 2 fully saturated rings. The van der Waals surface area contributed by atoms with E-state index in [0.29, 0.717) is 11.5 Å².